The Morgan fingerprint density at radius 3 is 2.76 bits per heavy atom. The number of nitrogens with zero attached hydrogens (tertiary/aromatic N) is 1. The molecule has 0 saturated carbocycles. The lowest BCUT2D eigenvalue weighted by Gasteiger charge is -2.12. The molecule has 1 aliphatic rings. The van der Waals surface area contributed by atoms with Crippen molar-refractivity contribution in [1.82, 2.24) is 10.2 Å². The zero-order valence-electron chi connectivity index (χ0n) is 12.9. The van der Waals surface area contributed by atoms with Crippen molar-refractivity contribution in [1.29, 1.82) is 0 Å². The molecule has 1 fully saturated rings. The van der Waals surface area contributed by atoms with Gasteiger partial charge >= 0.3 is 0 Å². The lowest BCUT2D eigenvalue weighted by atomic mass is 10.1. The zero-order chi connectivity index (χ0) is 14.7. The molecule has 3 rings (SSSR count). The van der Waals surface area contributed by atoms with E-state index in [1.54, 1.807) is 7.11 Å². The Morgan fingerprint density at radius 2 is 2.00 bits per heavy atom. The second kappa shape index (κ2) is 6.46. The average Bonchev–Trinajstić information content (AvgIpc) is 2.92. The highest BCUT2D eigenvalue weighted by Crippen LogP contribution is 2.22. The first-order valence-electron chi connectivity index (χ1n) is 7.70. The van der Waals surface area contributed by atoms with E-state index in [4.69, 9.17) is 4.74 Å². The van der Waals surface area contributed by atoms with Gasteiger partial charge in [0.1, 0.15) is 5.75 Å². The van der Waals surface area contributed by atoms with Gasteiger partial charge in [-0.2, -0.15) is 0 Å². The van der Waals surface area contributed by atoms with E-state index >= 15 is 0 Å². The molecule has 1 N–H and O–H groups in total. The van der Waals surface area contributed by atoms with E-state index in [-0.39, 0.29) is 0 Å². The number of methoxy groups -OCH3 is 1. The minimum absolute atomic E-state index is 0.805. The molecule has 21 heavy (non-hydrogen) atoms. The standard InChI is InChI=1S/C18H24N2O/c1-20-8-7-15(13-20)12-19-11-14-3-4-17-10-18(21-2)6-5-16(17)9-14/h3-6,9-10,15,19H,7-8,11-13H2,1-2H3. The Balaban J connectivity index is 1.59. The van der Waals surface area contributed by atoms with Gasteiger partial charge in [0.2, 0.25) is 0 Å². The molecule has 0 aliphatic carbocycles. The summed E-state index contributed by atoms with van der Waals surface area (Å²) in [5.74, 6) is 1.72. The summed E-state index contributed by atoms with van der Waals surface area (Å²) in [7, 11) is 3.91. The predicted octanol–water partition coefficient (Wildman–Crippen LogP) is 2.89. The van der Waals surface area contributed by atoms with Crippen molar-refractivity contribution in [3.63, 3.8) is 0 Å². The number of ether oxygens (including phenoxy) is 1. The van der Waals surface area contributed by atoms with Gasteiger partial charge < -0.3 is 15.0 Å². The molecule has 1 aliphatic heterocycles. The fourth-order valence-corrected chi connectivity index (χ4v) is 3.12. The van der Waals surface area contributed by atoms with Crippen LogP contribution in [-0.4, -0.2) is 38.7 Å². The monoisotopic (exact) mass is 284 g/mol. The smallest absolute Gasteiger partial charge is 0.119 e. The normalized spacial score (nSPS) is 19.2. The number of fused-ring (bicyclic) bond motifs is 1. The summed E-state index contributed by atoms with van der Waals surface area (Å²) in [6, 6.07) is 12.9. The topological polar surface area (TPSA) is 24.5 Å². The van der Waals surface area contributed by atoms with E-state index in [1.807, 2.05) is 6.07 Å². The minimum Gasteiger partial charge on any atom is -0.497 e. The predicted molar refractivity (Wildman–Crippen MR) is 87.8 cm³/mol. The molecule has 1 saturated heterocycles. The van der Waals surface area contributed by atoms with Crippen LogP contribution in [-0.2, 0) is 6.54 Å². The van der Waals surface area contributed by atoms with Crippen LogP contribution in [0.4, 0.5) is 0 Å². The summed E-state index contributed by atoms with van der Waals surface area (Å²) in [4.78, 5) is 2.41. The first kappa shape index (κ1) is 14.4. The van der Waals surface area contributed by atoms with Gasteiger partial charge in [-0.15, -0.1) is 0 Å². The Bertz CT molecular complexity index is 611. The molecular weight excluding hydrogens is 260 g/mol. The van der Waals surface area contributed by atoms with Gasteiger partial charge in [-0.1, -0.05) is 18.2 Å². The van der Waals surface area contributed by atoms with Gasteiger partial charge in [0.05, 0.1) is 7.11 Å². The summed E-state index contributed by atoms with van der Waals surface area (Å²) in [5.41, 5.74) is 1.35. The second-order valence-corrected chi connectivity index (χ2v) is 6.10. The molecule has 0 amide bonds. The third-order valence-electron chi connectivity index (χ3n) is 4.36. The lowest BCUT2D eigenvalue weighted by molar-refractivity contribution is 0.388. The Hall–Kier alpha value is -1.58. The van der Waals surface area contributed by atoms with Crippen LogP contribution >= 0.6 is 0 Å². The largest absolute Gasteiger partial charge is 0.497 e. The Kier molecular flexibility index (Phi) is 4.42. The quantitative estimate of drug-likeness (QED) is 0.913. The third kappa shape index (κ3) is 3.55. The maximum absolute atomic E-state index is 5.27. The van der Waals surface area contributed by atoms with Crippen LogP contribution in [0.1, 0.15) is 12.0 Å². The lowest BCUT2D eigenvalue weighted by Crippen LogP contribution is -2.24. The molecule has 0 aromatic heterocycles. The molecule has 1 atom stereocenters. The van der Waals surface area contributed by atoms with Crippen LogP contribution in [0.5, 0.6) is 5.75 Å². The van der Waals surface area contributed by atoms with Crippen LogP contribution in [0.2, 0.25) is 0 Å². The number of rotatable bonds is 5. The van der Waals surface area contributed by atoms with Crippen LogP contribution in [0.15, 0.2) is 36.4 Å². The van der Waals surface area contributed by atoms with E-state index in [0.717, 1.165) is 24.8 Å². The van der Waals surface area contributed by atoms with Crippen molar-refractivity contribution in [2.45, 2.75) is 13.0 Å². The van der Waals surface area contributed by atoms with Crippen molar-refractivity contribution in [2.24, 2.45) is 5.92 Å². The minimum atomic E-state index is 0.805. The number of nitrogens with one attached hydrogen (secondary N) is 1. The summed E-state index contributed by atoms with van der Waals surface area (Å²) in [6.07, 6.45) is 1.32. The van der Waals surface area contributed by atoms with E-state index in [9.17, 15) is 0 Å². The van der Waals surface area contributed by atoms with Crippen LogP contribution < -0.4 is 10.1 Å². The Labute approximate surface area is 126 Å². The van der Waals surface area contributed by atoms with Crippen molar-refractivity contribution < 1.29 is 4.74 Å². The molecule has 0 spiro atoms. The molecule has 2 aromatic rings. The van der Waals surface area contributed by atoms with E-state index in [0.29, 0.717) is 0 Å². The second-order valence-electron chi connectivity index (χ2n) is 6.10. The molecular formula is C18H24N2O. The van der Waals surface area contributed by atoms with Crippen molar-refractivity contribution in [2.75, 3.05) is 33.8 Å². The van der Waals surface area contributed by atoms with E-state index in [2.05, 4.69) is 47.6 Å². The molecule has 1 unspecified atom stereocenters. The van der Waals surface area contributed by atoms with Crippen LogP contribution in [0.25, 0.3) is 10.8 Å². The number of hydrogen-bond acceptors (Lipinski definition) is 3. The molecule has 112 valence electrons. The molecule has 2 aromatic carbocycles. The highest BCUT2D eigenvalue weighted by Gasteiger charge is 2.18. The molecule has 0 radical (unpaired) electrons. The molecule has 3 heteroatoms. The summed E-state index contributed by atoms with van der Waals surface area (Å²) in [5, 5.41) is 6.11. The first-order chi connectivity index (χ1) is 10.2. The fraction of sp³-hybridized carbons (Fsp3) is 0.444. The maximum atomic E-state index is 5.27. The van der Waals surface area contributed by atoms with Gasteiger partial charge in [0.15, 0.2) is 0 Å². The SMILES string of the molecule is COc1ccc2cc(CNCC3CCN(C)C3)ccc2c1. The highest BCUT2D eigenvalue weighted by atomic mass is 16.5. The van der Waals surface area contributed by atoms with Gasteiger partial charge in [0, 0.05) is 13.1 Å². The van der Waals surface area contributed by atoms with Gasteiger partial charge in [0.25, 0.3) is 0 Å². The van der Waals surface area contributed by atoms with Crippen molar-refractivity contribution in [3.8, 4) is 5.75 Å². The summed E-state index contributed by atoms with van der Waals surface area (Å²) in [6.45, 7) is 4.53. The van der Waals surface area contributed by atoms with Crippen LogP contribution in [0.3, 0.4) is 0 Å². The van der Waals surface area contributed by atoms with E-state index in [1.165, 1.54) is 35.8 Å². The molecule has 3 nitrogen and oxygen atoms in total. The number of hydrogen-bond donors (Lipinski definition) is 1. The van der Waals surface area contributed by atoms with Gasteiger partial charge in [-0.3, -0.25) is 0 Å². The summed E-state index contributed by atoms with van der Waals surface area (Å²) < 4.78 is 5.27. The zero-order valence-corrected chi connectivity index (χ0v) is 12.9. The fourth-order valence-electron chi connectivity index (χ4n) is 3.12. The number of benzene rings is 2. The molecule has 0 bridgehead atoms. The Morgan fingerprint density at radius 1 is 1.19 bits per heavy atom. The third-order valence-corrected chi connectivity index (χ3v) is 4.36. The average molecular weight is 284 g/mol. The van der Waals surface area contributed by atoms with Gasteiger partial charge in [-0.05, 0) is 67.0 Å². The van der Waals surface area contributed by atoms with Crippen molar-refractivity contribution in [3.05, 3.63) is 42.0 Å². The van der Waals surface area contributed by atoms with Crippen molar-refractivity contribution >= 4 is 10.8 Å². The van der Waals surface area contributed by atoms with Crippen LogP contribution in [0, 0.1) is 5.92 Å². The highest BCUT2D eigenvalue weighted by molar-refractivity contribution is 5.84. The number of likely N-dealkylation sites (tertiary alicyclic amines) is 1. The first-order valence-corrected chi connectivity index (χ1v) is 7.70. The maximum Gasteiger partial charge on any atom is 0.119 e. The summed E-state index contributed by atoms with van der Waals surface area (Å²) >= 11 is 0. The van der Waals surface area contributed by atoms with Gasteiger partial charge in [-0.25, -0.2) is 0 Å². The molecule has 1 heterocycles. The van der Waals surface area contributed by atoms with E-state index < -0.39 is 0 Å².